The summed E-state index contributed by atoms with van der Waals surface area (Å²) in [6.07, 6.45) is 0. The Balaban J connectivity index is 2.25. The van der Waals surface area contributed by atoms with Crippen molar-refractivity contribution in [3.63, 3.8) is 0 Å². The van der Waals surface area contributed by atoms with E-state index < -0.39 is 0 Å². The van der Waals surface area contributed by atoms with Crippen molar-refractivity contribution in [1.82, 2.24) is 0 Å². The first kappa shape index (κ1) is 19.5. The van der Waals surface area contributed by atoms with Crippen LogP contribution in [0.4, 0.5) is 0 Å². The Morgan fingerprint density at radius 3 is 2.14 bits per heavy atom. The monoisotopic (exact) mass is 384 g/mol. The van der Waals surface area contributed by atoms with E-state index in [9.17, 15) is 0 Å². The molecule has 0 unspecified atom stereocenters. The van der Waals surface area contributed by atoms with E-state index in [0.29, 0.717) is 0 Å². The normalized spacial score (nSPS) is 11.4. The number of fused-ring (bicyclic) bond motifs is 2. The van der Waals surface area contributed by atoms with Gasteiger partial charge in [0, 0.05) is 18.2 Å². The highest BCUT2D eigenvalue weighted by molar-refractivity contribution is 6.15. The molecular weight excluding hydrogens is 356 g/mol. The third kappa shape index (κ3) is 3.08. The zero-order chi connectivity index (χ0) is 20.7. The molecule has 0 saturated carbocycles. The van der Waals surface area contributed by atoms with Gasteiger partial charge in [-0.05, 0) is 90.0 Å². The van der Waals surface area contributed by atoms with Gasteiger partial charge in [-0.3, -0.25) is 0 Å². The largest absolute Gasteiger partial charge is 0.467 e. The van der Waals surface area contributed by atoms with Crippen molar-refractivity contribution in [2.24, 2.45) is 0 Å². The lowest BCUT2D eigenvalue weighted by Crippen LogP contribution is -2.06. The molecule has 0 aliphatic carbocycles. The molecule has 0 heterocycles. The Morgan fingerprint density at radius 1 is 0.690 bits per heavy atom. The number of hydrogen-bond acceptors (Lipinski definition) is 2. The van der Waals surface area contributed by atoms with Gasteiger partial charge in [-0.15, -0.1) is 0 Å². The molecule has 0 fully saturated rings. The van der Waals surface area contributed by atoms with Gasteiger partial charge in [0.1, 0.15) is 5.75 Å². The van der Waals surface area contributed by atoms with E-state index in [0.717, 1.165) is 5.75 Å². The first-order chi connectivity index (χ1) is 14.0. The van der Waals surface area contributed by atoms with E-state index in [1.54, 1.807) is 7.11 Å². The quantitative estimate of drug-likeness (QED) is 0.274. The van der Waals surface area contributed by atoms with E-state index >= 15 is 0 Å². The van der Waals surface area contributed by atoms with Crippen LogP contribution >= 0.6 is 0 Å². The van der Waals surface area contributed by atoms with Gasteiger partial charge in [-0.2, -0.15) is 0 Å². The van der Waals surface area contributed by atoms with Crippen LogP contribution in [0, 0.1) is 34.6 Å². The summed E-state index contributed by atoms with van der Waals surface area (Å²) in [5, 5.41) is 5.04. The van der Waals surface area contributed by atoms with Crippen molar-refractivity contribution in [1.29, 1.82) is 0 Å². The van der Waals surface area contributed by atoms with Crippen LogP contribution in [-0.2, 0) is 4.74 Å². The van der Waals surface area contributed by atoms with Gasteiger partial charge in [0.05, 0.1) is 0 Å². The first-order valence-corrected chi connectivity index (χ1v) is 10.1. The van der Waals surface area contributed by atoms with E-state index in [4.69, 9.17) is 9.47 Å². The SMILES string of the molecule is COCOc1c(C)c(C)c(C)c(C)c1-c1c2ccccc2cc2cccc(C)c12. The van der Waals surface area contributed by atoms with Gasteiger partial charge in [0.2, 0.25) is 0 Å². The molecule has 0 aliphatic rings. The highest BCUT2D eigenvalue weighted by Gasteiger charge is 2.22. The maximum atomic E-state index is 6.20. The van der Waals surface area contributed by atoms with Crippen molar-refractivity contribution in [3.05, 3.63) is 76.3 Å². The fourth-order valence-electron chi connectivity index (χ4n) is 4.44. The van der Waals surface area contributed by atoms with Gasteiger partial charge >= 0.3 is 0 Å². The third-order valence-electron chi connectivity index (χ3n) is 6.30. The number of methoxy groups -OCH3 is 1. The summed E-state index contributed by atoms with van der Waals surface area (Å²) in [7, 11) is 1.67. The summed E-state index contributed by atoms with van der Waals surface area (Å²) in [6.45, 7) is 11.2. The zero-order valence-corrected chi connectivity index (χ0v) is 18.1. The predicted molar refractivity (Wildman–Crippen MR) is 123 cm³/mol. The van der Waals surface area contributed by atoms with Crippen LogP contribution in [0.5, 0.6) is 5.75 Å². The predicted octanol–water partition coefficient (Wildman–Crippen LogP) is 7.18. The number of rotatable bonds is 4. The van der Waals surface area contributed by atoms with Crippen LogP contribution in [0.3, 0.4) is 0 Å². The van der Waals surface area contributed by atoms with Gasteiger partial charge in [0.25, 0.3) is 0 Å². The lowest BCUT2D eigenvalue weighted by atomic mass is 9.84. The number of aryl methyl sites for hydroxylation is 1. The Hall–Kier alpha value is -2.84. The topological polar surface area (TPSA) is 18.5 Å². The molecule has 0 atom stereocenters. The van der Waals surface area contributed by atoms with Crippen LogP contribution in [0.2, 0.25) is 0 Å². The van der Waals surface area contributed by atoms with E-state index in [1.165, 1.54) is 60.5 Å². The molecule has 0 N–H and O–H groups in total. The molecule has 4 aromatic rings. The fourth-order valence-corrected chi connectivity index (χ4v) is 4.44. The molecular formula is C27H28O2. The van der Waals surface area contributed by atoms with Crippen LogP contribution in [-0.4, -0.2) is 13.9 Å². The summed E-state index contributed by atoms with van der Waals surface area (Å²) in [5.74, 6) is 0.924. The maximum Gasteiger partial charge on any atom is 0.188 e. The molecule has 0 saturated heterocycles. The molecule has 148 valence electrons. The Morgan fingerprint density at radius 2 is 1.38 bits per heavy atom. The van der Waals surface area contributed by atoms with Gasteiger partial charge < -0.3 is 9.47 Å². The van der Waals surface area contributed by atoms with Crippen LogP contribution in [0.1, 0.15) is 27.8 Å². The van der Waals surface area contributed by atoms with Crippen molar-refractivity contribution in [2.45, 2.75) is 34.6 Å². The first-order valence-electron chi connectivity index (χ1n) is 10.1. The minimum atomic E-state index is 0.234. The molecule has 0 amide bonds. The summed E-state index contributed by atoms with van der Waals surface area (Å²) < 4.78 is 11.5. The fraction of sp³-hybridized carbons (Fsp3) is 0.259. The van der Waals surface area contributed by atoms with Crippen molar-refractivity contribution < 1.29 is 9.47 Å². The van der Waals surface area contributed by atoms with Crippen molar-refractivity contribution >= 4 is 21.5 Å². The summed E-state index contributed by atoms with van der Waals surface area (Å²) in [6, 6.07) is 17.5. The van der Waals surface area contributed by atoms with Crippen molar-refractivity contribution in [3.8, 4) is 16.9 Å². The minimum Gasteiger partial charge on any atom is -0.467 e. The van der Waals surface area contributed by atoms with Crippen LogP contribution in [0.15, 0.2) is 48.5 Å². The number of benzene rings is 4. The van der Waals surface area contributed by atoms with Gasteiger partial charge in [-0.1, -0.05) is 42.5 Å². The molecule has 0 bridgehead atoms. The minimum absolute atomic E-state index is 0.234. The highest BCUT2D eigenvalue weighted by atomic mass is 16.7. The maximum absolute atomic E-state index is 6.20. The molecule has 2 heteroatoms. The Bertz CT molecular complexity index is 1230. The number of ether oxygens (including phenoxy) is 2. The average molecular weight is 385 g/mol. The molecule has 0 radical (unpaired) electrons. The van der Waals surface area contributed by atoms with Crippen LogP contribution < -0.4 is 4.74 Å². The molecule has 0 spiro atoms. The second kappa shape index (κ2) is 7.53. The Kier molecular flexibility index (Phi) is 5.06. The molecule has 0 aliphatic heterocycles. The molecule has 29 heavy (non-hydrogen) atoms. The molecule has 4 aromatic carbocycles. The zero-order valence-electron chi connectivity index (χ0n) is 18.1. The lowest BCUT2D eigenvalue weighted by molar-refractivity contribution is 0.0510. The van der Waals surface area contributed by atoms with E-state index in [2.05, 4.69) is 83.1 Å². The van der Waals surface area contributed by atoms with Crippen molar-refractivity contribution in [2.75, 3.05) is 13.9 Å². The summed E-state index contributed by atoms with van der Waals surface area (Å²) >= 11 is 0. The Labute approximate surface area is 173 Å². The molecule has 0 aromatic heterocycles. The van der Waals surface area contributed by atoms with Gasteiger partial charge in [-0.25, -0.2) is 0 Å². The average Bonchev–Trinajstić information content (AvgIpc) is 2.73. The summed E-state index contributed by atoms with van der Waals surface area (Å²) in [5.41, 5.74) is 8.74. The second-order valence-corrected chi connectivity index (χ2v) is 7.90. The van der Waals surface area contributed by atoms with Gasteiger partial charge in [0.15, 0.2) is 6.79 Å². The third-order valence-corrected chi connectivity index (χ3v) is 6.30. The molecule has 2 nitrogen and oxygen atoms in total. The smallest absolute Gasteiger partial charge is 0.188 e. The standard InChI is InChI=1S/C27H28O2/c1-16-10-9-12-22-14-21-11-7-8-13-23(21)26(24(16)22)25-19(4)17(2)18(3)20(5)27(25)29-15-28-6/h7-14H,15H2,1-6H3. The number of hydrogen-bond donors (Lipinski definition) is 0. The van der Waals surface area contributed by atoms with Crippen LogP contribution in [0.25, 0.3) is 32.7 Å². The summed E-state index contributed by atoms with van der Waals surface area (Å²) in [4.78, 5) is 0. The lowest BCUT2D eigenvalue weighted by Gasteiger charge is -2.23. The highest BCUT2D eigenvalue weighted by Crippen LogP contribution is 2.46. The molecule has 4 rings (SSSR count). The second-order valence-electron chi connectivity index (χ2n) is 7.90. The van der Waals surface area contributed by atoms with E-state index in [1.807, 2.05) is 0 Å². The van der Waals surface area contributed by atoms with E-state index in [-0.39, 0.29) is 6.79 Å².